The maximum atomic E-state index is 8.63. The number of hydrogen-bond donors (Lipinski definition) is 2. The van der Waals surface area contributed by atoms with Crippen molar-refractivity contribution in [3.05, 3.63) is 35.9 Å². The second-order valence-electron chi connectivity index (χ2n) is 2.48. The van der Waals surface area contributed by atoms with Crippen LogP contribution in [0.25, 0.3) is 0 Å². The van der Waals surface area contributed by atoms with Gasteiger partial charge in [-0.3, -0.25) is 5.41 Å². The van der Waals surface area contributed by atoms with E-state index in [9.17, 15) is 0 Å². The minimum atomic E-state index is -0.0328. The SMILES string of the molecule is [NH2+]=C(CO)Cc1ccccc1. The summed E-state index contributed by atoms with van der Waals surface area (Å²) in [6, 6.07) is 9.85. The fourth-order valence-electron chi connectivity index (χ4n) is 0.914. The molecule has 0 heterocycles. The van der Waals surface area contributed by atoms with Crippen molar-refractivity contribution in [2.24, 2.45) is 0 Å². The van der Waals surface area contributed by atoms with Crippen molar-refractivity contribution in [1.82, 2.24) is 0 Å². The summed E-state index contributed by atoms with van der Waals surface area (Å²) in [5, 5.41) is 14.1. The van der Waals surface area contributed by atoms with Gasteiger partial charge in [-0.2, -0.15) is 0 Å². The molecule has 1 aromatic rings. The molecule has 1 aromatic carbocycles. The Kier molecular flexibility index (Phi) is 2.81. The molecule has 0 atom stereocenters. The fourth-order valence-corrected chi connectivity index (χ4v) is 0.914. The summed E-state index contributed by atoms with van der Waals surface area (Å²) < 4.78 is 0. The number of hydrogen-bond acceptors (Lipinski definition) is 1. The van der Waals surface area contributed by atoms with Crippen LogP contribution >= 0.6 is 0 Å². The molecule has 0 amide bonds. The first-order valence-electron chi connectivity index (χ1n) is 3.58. The van der Waals surface area contributed by atoms with Crippen molar-refractivity contribution in [3.63, 3.8) is 0 Å². The molecule has 0 unspecified atom stereocenters. The average Bonchev–Trinajstić information content (AvgIpc) is 2.06. The summed E-state index contributed by atoms with van der Waals surface area (Å²) in [7, 11) is 0. The van der Waals surface area contributed by atoms with E-state index in [-0.39, 0.29) is 6.61 Å². The predicted molar refractivity (Wildman–Crippen MR) is 44.2 cm³/mol. The molecule has 0 aliphatic rings. The molecule has 0 spiro atoms. The van der Waals surface area contributed by atoms with E-state index in [1.54, 1.807) is 0 Å². The van der Waals surface area contributed by atoms with Gasteiger partial charge in [0.15, 0.2) is 5.71 Å². The Bertz CT molecular complexity index is 231. The quantitative estimate of drug-likeness (QED) is 0.556. The van der Waals surface area contributed by atoms with Crippen LogP contribution in [0.15, 0.2) is 30.3 Å². The molecular weight excluding hydrogens is 138 g/mol. The van der Waals surface area contributed by atoms with Gasteiger partial charge in [0.05, 0.1) is 6.42 Å². The highest BCUT2D eigenvalue weighted by atomic mass is 16.3. The number of aliphatic hydroxyl groups is 1. The van der Waals surface area contributed by atoms with Crippen LogP contribution < -0.4 is 5.41 Å². The highest BCUT2D eigenvalue weighted by Gasteiger charge is 2.00. The molecule has 3 N–H and O–H groups in total. The summed E-state index contributed by atoms with van der Waals surface area (Å²) >= 11 is 0. The molecule has 0 radical (unpaired) electrons. The zero-order chi connectivity index (χ0) is 8.10. The maximum absolute atomic E-state index is 8.63. The summed E-state index contributed by atoms with van der Waals surface area (Å²) in [6.45, 7) is -0.0328. The lowest BCUT2D eigenvalue weighted by atomic mass is 10.1. The Balaban J connectivity index is 2.58. The van der Waals surface area contributed by atoms with Crippen LogP contribution in [0.1, 0.15) is 5.56 Å². The van der Waals surface area contributed by atoms with Crippen molar-refractivity contribution >= 4 is 5.71 Å². The Morgan fingerprint density at radius 2 is 1.91 bits per heavy atom. The van der Waals surface area contributed by atoms with E-state index in [1.165, 1.54) is 0 Å². The second kappa shape index (κ2) is 3.88. The predicted octanol–water partition coefficient (Wildman–Crippen LogP) is -0.578. The Hall–Kier alpha value is -1.15. The van der Waals surface area contributed by atoms with Gasteiger partial charge in [-0.1, -0.05) is 30.3 Å². The van der Waals surface area contributed by atoms with Gasteiger partial charge < -0.3 is 5.11 Å². The topological polar surface area (TPSA) is 45.8 Å². The minimum absolute atomic E-state index is 0.0328. The van der Waals surface area contributed by atoms with Gasteiger partial charge in [-0.15, -0.1) is 0 Å². The van der Waals surface area contributed by atoms with Crippen LogP contribution in [0.2, 0.25) is 0 Å². The first-order chi connectivity index (χ1) is 5.33. The van der Waals surface area contributed by atoms with Crippen molar-refractivity contribution in [3.8, 4) is 0 Å². The van der Waals surface area contributed by atoms with Crippen LogP contribution in [-0.4, -0.2) is 17.4 Å². The maximum Gasteiger partial charge on any atom is 0.179 e. The zero-order valence-corrected chi connectivity index (χ0v) is 6.33. The molecule has 2 nitrogen and oxygen atoms in total. The van der Waals surface area contributed by atoms with E-state index < -0.39 is 0 Å². The molecule has 1 rings (SSSR count). The van der Waals surface area contributed by atoms with E-state index in [0.29, 0.717) is 12.1 Å². The first kappa shape index (κ1) is 7.95. The lowest BCUT2D eigenvalue weighted by molar-refractivity contribution is -0.121. The third kappa shape index (κ3) is 2.51. The van der Waals surface area contributed by atoms with E-state index >= 15 is 0 Å². The molecule has 11 heavy (non-hydrogen) atoms. The number of benzene rings is 1. The monoisotopic (exact) mass is 150 g/mol. The summed E-state index contributed by atoms with van der Waals surface area (Å²) in [5.74, 6) is 0. The highest BCUT2D eigenvalue weighted by Crippen LogP contribution is 1.98. The van der Waals surface area contributed by atoms with E-state index in [2.05, 4.69) is 0 Å². The standard InChI is InChI=1S/C9H11NO/c10-9(7-11)6-8-4-2-1-3-5-8/h1-5,10-11H,6-7H2/p+1. The fraction of sp³-hybridized carbons (Fsp3) is 0.222. The van der Waals surface area contributed by atoms with Gasteiger partial charge in [0.25, 0.3) is 0 Å². The zero-order valence-electron chi connectivity index (χ0n) is 6.33. The molecular formula is C9H12NO+. The van der Waals surface area contributed by atoms with Crippen molar-refractivity contribution in [2.75, 3.05) is 6.61 Å². The summed E-state index contributed by atoms with van der Waals surface area (Å²) in [4.78, 5) is 0. The third-order valence-electron chi connectivity index (χ3n) is 1.48. The third-order valence-corrected chi connectivity index (χ3v) is 1.48. The average molecular weight is 150 g/mol. The van der Waals surface area contributed by atoms with Crippen molar-refractivity contribution in [2.45, 2.75) is 6.42 Å². The summed E-state index contributed by atoms with van der Waals surface area (Å²) in [6.07, 6.45) is 0.664. The normalized spacial score (nSPS) is 9.55. The molecule has 58 valence electrons. The molecule has 0 saturated carbocycles. The van der Waals surface area contributed by atoms with Crippen molar-refractivity contribution < 1.29 is 10.5 Å². The molecule has 0 aliphatic heterocycles. The van der Waals surface area contributed by atoms with Crippen LogP contribution in [-0.2, 0) is 6.42 Å². The largest absolute Gasteiger partial charge is 0.386 e. The van der Waals surface area contributed by atoms with Crippen LogP contribution in [0.4, 0.5) is 0 Å². The van der Waals surface area contributed by atoms with Gasteiger partial charge in [-0.25, -0.2) is 0 Å². The molecule has 2 heteroatoms. The number of nitrogens with two attached hydrogens (primary N) is 1. The first-order valence-corrected chi connectivity index (χ1v) is 3.58. The van der Waals surface area contributed by atoms with Gasteiger partial charge in [0, 0.05) is 0 Å². The molecule has 0 aromatic heterocycles. The van der Waals surface area contributed by atoms with Crippen LogP contribution in [0, 0.1) is 0 Å². The second-order valence-corrected chi connectivity index (χ2v) is 2.48. The van der Waals surface area contributed by atoms with Crippen molar-refractivity contribution in [1.29, 1.82) is 0 Å². The van der Waals surface area contributed by atoms with Gasteiger partial charge in [-0.05, 0) is 5.56 Å². The van der Waals surface area contributed by atoms with Crippen LogP contribution in [0.3, 0.4) is 0 Å². The lowest BCUT2D eigenvalue weighted by Gasteiger charge is -1.94. The van der Waals surface area contributed by atoms with Gasteiger partial charge in [0.2, 0.25) is 0 Å². The number of rotatable bonds is 3. The molecule has 0 saturated heterocycles. The van der Waals surface area contributed by atoms with E-state index in [0.717, 1.165) is 5.56 Å². The Morgan fingerprint density at radius 3 is 2.45 bits per heavy atom. The molecule has 0 aliphatic carbocycles. The number of aliphatic hydroxyl groups excluding tert-OH is 1. The lowest BCUT2D eigenvalue weighted by Crippen LogP contribution is -2.43. The smallest absolute Gasteiger partial charge is 0.179 e. The van der Waals surface area contributed by atoms with E-state index in [1.807, 2.05) is 30.3 Å². The van der Waals surface area contributed by atoms with Gasteiger partial charge >= 0.3 is 0 Å². The van der Waals surface area contributed by atoms with Gasteiger partial charge in [0.1, 0.15) is 6.61 Å². The highest BCUT2D eigenvalue weighted by molar-refractivity contribution is 5.81. The Morgan fingerprint density at radius 1 is 1.27 bits per heavy atom. The van der Waals surface area contributed by atoms with Crippen LogP contribution in [0.5, 0.6) is 0 Å². The molecule has 0 fully saturated rings. The summed E-state index contributed by atoms with van der Waals surface area (Å²) in [5.41, 5.74) is 1.75. The minimum Gasteiger partial charge on any atom is -0.386 e. The Labute approximate surface area is 66.0 Å². The molecule has 0 bridgehead atoms. The van der Waals surface area contributed by atoms with E-state index in [4.69, 9.17) is 10.5 Å².